The number of benzene rings is 1. The van der Waals surface area contributed by atoms with Gasteiger partial charge >= 0.3 is 0 Å². The van der Waals surface area contributed by atoms with E-state index in [1.165, 1.54) is 6.26 Å². The van der Waals surface area contributed by atoms with E-state index in [2.05, 4.69) is 14.8 Å². The van der Waals surface area contributed by atoms with Gasteiger partial charge in [0.1, 0.15) is 6.33 Å². The Morgan fingerprint density at radius 2 is 2.04 bits per heavy atom. The molecule has 0 radical (unpaired) electrons. The summed E-state index contributed by atoms with van der Waals surface area (Å²) >= 11 is 0. The van der Waals surface area contributed by atoms with Gasteiger partial charge in [0.2, 0.25) is 0 Å². The highest BCUT2D eigenvalue weighted by atomic mass is 16.3. The molecule has 1 saturated heterocycles. The molecule has 116 valence electrons. The highest BCUT2D eigenvalue weighted by molar-refractivity contribution is 5.91. The van der Waals surface area contributed by atoms with Crippen LogP contribution in [0.3, 0.4) is 0 Å². The summed E-state index contributed by atoms with van der Waals surface area (Å²) in [6, 6.07) is 13.6. The van der Waals surface area contributed by atoms with Gasteiger partial charge < -0.3 is 13.9 Å². The third kappa shape index (κ3) is 2.52. The zero-order valence-corrected chi connectivity index (χ0v) is 12.5. The number of carbonyl (C=O) groups excluding carboxylic acids is 1. The summed E-state index contributed by atoms with van der Waals surface area (Å²) in [6.45, 7) is 1.34. The first-order chi connectivity index (χ1) is 11.3. The lowest BCUT2D eigenvalue weighted by atomic mass is 10.2. The Labute approximate surface area is 133 Å². The average molecular weight is 308 g/mol. The van der Waals surface area contributed by atoms with Gasteiger partial charge in [-0.25, -0.2) is 0 Å². The molecule has 0 N–H and O–H groups in total. The van der Waals surface area contributed by atoms with Gasteiger partial charge in [0.25, 0.3) is 5.91 Å². The maximum atomic E-state index is 12.4. The summed E-state index contributed by atoms with van der Waals surface area (Å²) in [5.74, 6) is 1.16. The average Bonchev–Trinajstić information content (AvgIpc) is 3.35. The summed E-state index contributed by atoms with van der Waals surface area (Å²) in [7, 11) is 0. The Balaban J connectivity index is 1.55. The molecule has 3 aromatic rings. The first-order valence-electron chi connectivity index (χ1n) is 7.60. The van der Waals surface area contributed by atoms with E-state index in [-0.39, 0.29) is 11.9 Å². The quantitative estimate of drug-likeness (QED) is 0.746. The van der Waals surface area contributed by atoms with Crippen LogP contribution in [0.4, 0.5) is 0 Å². The minimum atomic E-state index is -0.0631. The van der Waals surface area contributed by atoms with E-state index in [0.29, 0.717) is 18.8 Å². The van der Waals surface area contributed by atoms with Crippen molar-refractivity contribution in [3.63, 3.8) is 0 Å². The predicted molar refractivity (Wildman–Crippen MR) is 83.7 cm³/mol. The second-order valence-corrected chi connectivity index (χ2v) is 5.60. The van der Waals surface area contributed by atoms with Crippen LogP contribution < -0.4 is 0 Å². The molecule has 1 aliphatic rings. The van der Waals surface area contributed by atoms with Gasteiger partial charge in [-0.1, -0.05) is 30.3 Å². The number of hydrogen-bond donors (Lipinski definition) is 0. The fourth-order valence-electron chi connectivity index (χ4n) is 3.01. The molecule has 1 amide bonds. The van der Waals surface area contributed by atoms with Crippen molar-refractivity contribution < 1.29 is 9.21 Å². The summed E-state index contributed by atoms with van der Waals surface area (Å²) in [6.07, 6.45) is 4.15. The van der Waals surface area contributed by atoms with Crippen molar-refractivity contribution in [3.8, 4) is 11.4 Å². The first kappa shape index (κ1) is 13.8. The Kier molecular flexibility index (Phi) is 3.42. The lowest BCUT2D eigenvalue weighted by Gasteiger charge is -2.16. The Morgan fingerprint density at radius 1 is 1.17 bits per heavy atom. The summed E-state index contributed by atoms with van der Waals surface area (Å²) in [5, 5.41) is 8.30. The largest absolute Gasteiger partial charge is 0.459 e. The van der Waals surface area contributed by atoms with Crippen LogP contribution in [-0.4, -0.2) is 38.7 Å². The van der Waals surface area contributed by atoms with Crippen LogP contribution in [0.15, 0.2) is 59.5 Å². The zero-order valence-electron chi connectivity index (χ0n) is 12.5. The normalized spacial score (nSPS) is 17.6. The summed E-state index contributed by atoms with van der Waals surface area (Å²) < 4.78 is 7.26. The van der Waals surface area contributed by atoms with Crippen molar-refractivity contribution in [1.29, 1.82) is 0 Å². The number of hydrogen-bond acceptors (Lipinski definition) is 4. The molecule has 2 aromatic heterocycles. The Bertz CT molecular complexity index is 795. The van der Waals surface area contributed by atoms with Crippen molar-refractivity contribution in [2.24, 2.45) is 0 Å². The fraction of sp³-hybridized carbons (Fsp3) is 0.235. The van der Waals surface area contributed by atoms with Crippen molar-refractivity contribution in [1.82, 2.24) is 19.7 Å². The molecule has 1 unspecified atom stereocenters. The molecule has 0 saturated carbocycles. The van der Waals surface area contributed by atoms with Crippen LogP contribution in [0.5, 0.6) is 0 Å². The van der Waals surface area contributed by atoms with E-state index < -0.39 is 0 Å². The molecule has 0 bridgehead atoms. The van der Waals surface area contributed by atoms with E-state index >= 15 is 0 Å². The number of furan rings is 1. The number of carbonyl (C=O) groups is 1. The molecule has 0 aliphatic carbocycles. The van der Waals surface area contributed by atoms with Gasteiger partial charge in [-0.05, 0) is 18.6 Å². The maximum absolute atomic E-state index is 12.4. The molecule has 4 rings (SSSR count). The number of likely N-dealkylation sites (tertiary alicyclic amines) is 1. The Morgan fingerprint density at radius 3 is 2.83 bits per heavy atom. The van der Waals surface area contributed by atoms with Crippen LogP contribution in [0.25, 0.3) is 11.4 Å². The number of nitrogens with zero attached hydrogens (tertiary/aromatic N) is 4. The molecule has 1 atom stereocenters. The van der Waals surface area contributed by atoms with Gasteiger partial charge in [0.15, 0.2) is 11.6 Å². The minimum absolute atomic E-state index is 0.0631. The number of amides is 1. The second-order valence-electron chi connectivity index (χ2n) is 5.60. The second kappa shape index (κ2) is 5.72. The first-order valence-corrected chi connectivity index (χ1v) is 7.60. The zero-order chi connectivity index (χ0) is 15.6. The van der Waals surface area contributed by atoms with Gasteiger partial charge in [-0.3, -0.25) is 4.79 Å². The van der Waals surface area contributed by atoms with Gasteiger partial charge in [0.05, 0.1) is 12.3 Å². The van der Waals surface area contributed by atoms with E-state index in [1.807, 2.05) is 35.2 Å². The lowest BCUT2D eigenvalue weighted by Crippen LogP contribution is -2.28. The monoisotopic (exact) mass is 308 g/mol. The standard InChI is InChI=1S/C17H16N4O2/c22-17(15-7-4-10-23-15)20-9-8-14(11-20)21-12-18-19-16(21)13-5-2-1-3-6-13/h1-7,10,12,14H,8-9,11H2. The third-order valence-electron chi connectivity index (χ3n) is 4.18. The maximum Gasteiger partial charge on any atom is 0.289 e. The Hall–Kier alpha value is -2.89. The molecule has 1 aliphatic heterocycles. The van der Waals surface area contributed by atoms with Gasteiger partial charge in [-0.15, -0.1) is 10.2 Å². The molecule has 1 aromatic carbocycles. The van der Waals surface area contributed by atoms with Crippen molar-refractivity contribution >= 4 is 5.91 Å². The molecule has 6 nitrogen and oxygen atoms in total. The van der Waals surface area contributed by atoms with E-state index in [9.17, 15) is 4.79 Å². The van der Waals surface area contributed by atoms with Crippen molar-refractivity contribution in [2.45, 2.75) is 12.5 Å². The molecule has 0 spiro atoms. The van der Waals surface area contributed by atoms with E-state index in [1.54, 1.807) is 18.5 Å². The smallest absolute Gasteiger partial charge is 0.289 e. The van der Waals surface area contributed by atoms with Crippen LogP contribution in [0.1, 0.15) is 23.0 Å². The predicted octanol–water partition coefficient (Wildman–Crippen LogP) is 2.63. The van der Waals surface area contributed by atoms with Crippen LogP contribution in [0.2, 0.25) is 0 Å². The topological polar surface area (TPSA) is 64.2 Å². The third-order valence-corrected chi connectivity index (χ3v) is 4.18. The van der Waals surface area contributed by atoms with Crippen LogP contribution in [-0.2, 0) is 0 Å². The molecular weight excluding hydrogens is 292 g/mol. The van der Waals surface area contributed by atoms with Gasteiger partial charge in [0, 0.05) is 18.7 Å². The number of aromatic nitrogens is 3. The molecule has 3 heterocycles. The highest BCUT2D eigenvalue weighted by Gasteiger charge is 2.30. The fourth-order valence-corrected chi connectivity index (χ4v) is 3.01. The molecular formula is C17H16N4O2. The van der Waals surface area contributed by atoms with Crippen LogP contribution in [0, 0.1) is 0 Å². The minimum Gasteiger partial charge on any atom is -0.459 e. The van der Waals surface area contributed by atoms with Crippen molar-refractivity contribution in [3.05, 3.63) is 60.8 Å². The SMILES string of the molecule is O=C(c1ccco1)N1CCC(n2cnnc2-c2ccccc2)C1. The molecule has 1 fully saturated rings. The summed E-state index contributed by atoms with van der Waals surface area (Å²) in [4.78, 5) is 14.2. The van der Waals surface area contributed by atoms with E-state index in [0.717, 1.165) is 17.8 Å². The van der Waals surface area contributed by atoms with E-state index in [4.69, 9.17) is 4.42 Å². The highest BCUT2D eigenvalue weighted by Crippen LogP contribution is 2.27. The lowest BCUT2D eigenvalue weighted by molar-refractivity contribution is 0.0756. The molecule has 6 heteroatoms. The van der Waals surface area contributed by atoms with Crippen LogP contribution >= 0.6 is 0 Å². The van der Waals surface area contributed by atoms with Crippen molar-refractivity contribution in [2.75, 3.05) is 13.1 Å². The molecule has 23 heavy (non-hydrogen) atoms. The summed E-state index contributed by atoms with van der Waals surface area (Å²) in [5.41, 5.74) is 1.03. The number of rotatable bonds is 3. The van der Waals surface area contributed by atoms with Gasteiger partial charge in [-0.2, -0.15) is 0 Å².